The largest absolute Gasteiger partial charge is 0.394 e. The Morgan fingerprint density at radius 2 is 2.14 bits per heavy atom. The number of nitrogens with zero attached hydrogens (tertiary/aromatic N) is 2. The summed E-state index contributed by atoms with van der Waals surface area (Å²) in [5.74, 6) is 0. The summed E-state index contributed by atoms with van der Waals surface area (Å²) >= 11 is 5.98. The minimum absolute atomic E-state index is 0.0804. The van der Waals surface area contributed by atoms with Crippen molar-refractivity contribution in [2.24, 2.45) is 5.73 Å². The van der Waals surface area contributed by atoms with Gasteiger partial charge >= 0.3 is 0 Å². The number of halogens is 1. The fraction of sp³-hybridized carbons (Fsp3) is 0.667. The Morgan fingerprint density at radius 1 is 1.57 bits per heavy atom. The van der Waals surface area contributed by atoms with E-state index in [2.05, 4.69) is 5.10 Å². The molecule has 0 aliphatic carbocycles. The Labute approximate surface area is 88.7 Å². The zero-order valence-corrected chi connectivity index (χ0v) is 9.47. The van der Waals surface area contributed by atoms with Crippen molar-refractivity contribution in [2.75, 3.05) is 6.61 Å². The molecule has 0 saturated carbocycles. The van der Waals surface area contributed by atoms with Gasteiger partial charge in [-0.05, 0) is 20.8 Å². The minimum atomic E-state index is -0.660. The van der Waals surface area contributed by atoms with Crippen LogP contribution >= 0.6 is 11.6 Å². The summed E-state index contributed by atoms with van der Waals surface area (Å²) in [6, 6.07) is 0. The van der Waals surface area contributed by atoms with Gasteiger partial charge in [0.15, 0.2) is 0 Å². The molecule has 4 nitrogen and oxygen atoms in total. The maximum atomic E-state index is 9.02. The minimum Gasteiger partial charge on any atom is -0.394 e. The molecule has 0 aliphatic rings. The Hall–Kier alpha value is -0.580. The average Bonchev–Trinajstić information content (AvgIpc) is 2.33. The van der Waals surface area contributed by atoms with Gasteiger partial charge < -0.3 is 10.8 Å². The lowest BCUT2D eigenvalue weighted by Gasteiger charge is -2.22. The summed E-state index contributed by atoms with van der Waals surface area (Å²) in [7, 11) is 0. The van der Waals surface area contributed by atoms with Gasteiger partial charge in [-0.15, -0.1) is 0 Å². The predicted octanol–water partition coefficient (Wildman–Crippen LogP) is 0.863. The van der Waals surface area contributed by atoms with Gasteiger partial charge in [0.2, 0.25) is 0 Å². The molecule has 1 atom stereocenters. The topological polar surface area (TPSA) is 64.1 Å². The highest BCUT2D eigenvalue weighted by molar-refractivity contribution is 6.31. The molecule has 1 aromatic rings. The van der Waals surface area contributed by atoms with E-state index in [0.29, 0.717) is 11.6 Å². The standard InChI is InChI=1S/C9H16ClN3O/c1-6-8(10)7(2)13(12-6)4-9(3,11)5-14/h14H,4-5,11H2,1-3H3. The molecule has 0 fully saturated rings. The highest BCUT2D eigenvalue weighted by Crippen LogP contribution is 2.19. The van der Waals surface area contributed by atoms with Crippen LogP contribution in [0.15, 0.2) is 0 Å². The van der Waals surface area contributed by atoms with E-state index in [-0.39, 0.29) is 6.61 Å². The third kappa shape index (κ3) is 2.26. The summed E-state index contributed by atoms with van der Waals surface area (Å²) in [6.45, 7) is 5.89. The van der Waals surface area contributed by atoms with Crippen molar-refractivity contribution in [2.45, 2.75) is 32.9 Å². The second-order valence-corrected chi connectivity index (χ2v) is 4.33. The molecule has 3 N–H and O–H groups in total. The summed E-state index contributed by atoms with van der Waals surface area (Å²) in [6.07, 6.45) is 0. The molecule has 0 aromatic carbocycles. The van der Waals surface area contributed by atoms with Crippen molar-refractivity contribution in [1.82, 2.24) is 9.78 Å². The fourth-order valence-electron chi connectivity index (χ4n) is 1.22. The number of nitrogens with two attached hydrogens (primary N) is 1. The lowest BCUT2D eigenvalue weighted by atomic mass is 10.1. The molecule has 80 valence electrons. The number of aryl methyl sites for hydroxylation is 1. The van der Waals surface area contributed by atoms with Crippen LogP contribution < -0.4 is 5.73 Å². The number of aromatic nitrogens is 2. The van der Waals surface area contributed by atoms with Crippen LogP contribution in [0.2, 0.25) is 5.02 Å². The van der Waals surface area contributed by atoms with Gasteiger partial charge in [-0.1, -0.05) is 11.6 Å². The molecule has 5 heteroatoms. The van der Waals surface area contributed by atoms with Gasteiger partial charge in [-0.25, -0.2) is 0 Å². The molecule has 1 rings (SSSR count). The van der Waals surface area contributed by atoms with E-state index in [4.69, 9.17) is 22.4 Å². The molecule has 1 unspecified atom stereocenters. The molecular weight excluding hydrogens is 202 g/mol. The first-order valence-corrected chi connectivity index (χ1v) is 4.84. The van der Waals surface area contributed by atoms with E-state index >= 15 is 0 Å². The Morgan fingerprint density at radius 3 is 2.50 bits per heavy atom. The molecule has 0 saturated heterocycles. The molecule has 1 heterocycles. The highest BCUT2D eigenvalue weighted by Gasteiger charge is 2.20. The zero-order valence-electron chi connectivity index (χ0n) is 8.71. The van der Waals surface area contributed by atoms with E-state index in [9.17, 15) is 0 Å². The molecule has 0 bridgehead atoms. The predicted molar refractivity (Wildman–Crippen MR) is 56.4 cm³/mol. The third-order valence-corrected chi connectivity index (χ3v) is 2.71. The van der Waals surface area contributed by atoms with Crippen molar-refractivity contribution >= 4 is 11.6 Å². The highest BCUT2D eigenvalue weighted by atomic mass is 35.5. The van der Waals surface area contributed by atoms with E-state index < -0.39 is 5.54 Å². The fourth-order valence-corrected chi connectivity index (χ4v) is 1.36. The van der Waals surface area contributed by atoms with Gasteiger partial charge in [0.05, 0.1) is 35.1 Å². The lowest BCUT2D eigenvalue weighted by molar-refractivity contribution is 0.187. The first kappa shape index (κ1) is 11.5. The zero-order chi connectivity index (χ0) is 10.9. The van der Waals surface area contributed by atoms with Crippen LogP contribution in [-0.2, 0) is 6.54 Å². The average molecular weight is 218 g/mol. The molecular formula is C9H16ClN3O. The number of rotatable bonds is 3. The monoisotopic (exact) mass is 217 g/mol. The molecule has 14 heavy (non-hydrogen) atoms. The first-order chi connectivity index (χ1) is 6.37. The van der Waals surface area contributed by atoms with Crippen molar-refractivity contribution in [3.05, 3.63) is 16.4 Å². The normalized spacial score (nSPS) is 15.6. The van der Waals surface area contributed by atoms with Crippen molar-refractivity contribution in [3.63, 3.8) is 0 Å². The third-order valence-electron chi connectivity index (χ3n) is 2.17. The Balaban J connectivity index is 2.93. The summed E-state index contributed by atoms with van der Waals surface area (Å²) in [4.78, 5) is 0. The number of aliphatic hydroxyl groups excluding tert-OH is 1. The van der Waals surface area contributed by atoms with Crippen LogP contribution in [0.4, 0.5) is 0 Å². The lowest BCUT2D eigenvalue weighted by Crippen LogP contribution is -2.44. The quantitative estimate of drug-likeness (QED) is 0.790. The Kier molecular flexibility index (Phi) is 3.19. The summed E-state index contributed by atoms with van der Waals surface area (Å²) in [5, 5.41) is 13.9. The number of hydrogen-bond acceptors (Lipinski definition) is 3. The van der Waals surface area contributed by atoms with Crippen LogP contribution in [0.3, 0.4) is 0 Å². The van der Waals surface area contributed by atoms with Crippen LogP contribution in [-0.4, -0.2) is 27.0 Å². The van der Waals surface area contributed by atoms with Gasteiger partial charge in [0, 0.05) is 0 Å². The molecule has 1 aromatic heterocycles. The molecule has 0 radical (unpaired) electrons. The van der Waals surface area contributed by atoms with Crippen molar-refractivity contribution < 1.29 is 5.11 Å². The van der Waals surface area contributed by atoms with E-state index in [1.807, 2.05) is 13.8 Å². The SMILES string of the molecule is Cc1nn(CC(C)(N)CO)c(C)c1Cl. The van der Waals surface area contributed by atoms with Gasteiger partial charge in [-0.3, -0.25) is 4.68 Å². The van der Waals surface area contributed by atoms with E-state index in [1.165, 1.54) is 0 Å². The van der Waals surface area contributed by atoms with Crippen LogP contribution in [0.25, 0.3) is 0 Å². The van der Waals surface area contributed by atoms with Crippen molar-refractivity contribution in [1.29, 1.82) is 0 Å². The van der Waals surface area contributed by atoms with Crippen LogP contribution in [0.5, 0.6) is 0 Å². The van der Waals surface area contributed by atoms with E-state index in [0.717, 1.165) is 11.4 Å². The summed E-state index contributed by atoms with van der Waals surface area (Å²) in [5.41, 5.74) is 6.84. The second kappa shape index (κ2) is 3.88. The summed E-state index contributed by atoms with van der Waals surface area (Å²) < 4.78 is 1.73. The maximum absolute atomic E-state index is 9.02. The van der Waals surface area contributed by atoms with Crippen LogP contribution in [0, 0.1) is 13.8 Å². The molecule has 0 aliphatic heterocycles. The Bertz CT molecular complexity index is 333. The van der Waals surface area contributed by atoms with Gasteiger partial charge in [0.25, 0.3) is 0 Å². The van der Waals surface area contributed by atoms with Gasteiger partial charge in [0.1, 0.15) is 0 Å². The molecule has 0 amide bonds. The first-order valence-electron chi connectivity index (χ1n) is 4.46. The second-order valence-electron chi connectivity index (χ2n) is 3.95. The maximum Gasteiger partial charge on any atom is 0.0844 e. The van der Waals surface area contributed by atoms with Gasteiger partial charge in [-0.2, -0.15) is 5.10 Å². The number of aliphatic hydroxyl groups is 1. The van der Waals surface area contributed by atoms with E-state index in [1.54, 1.807) is 11.6 Å². The van der Waals surface area contributed by atoms with Crippen LogP contribution in [0.1, 0.15) is 18.3 Å². The molecule has 0 spiro atoms. The van der Waals surface area contributed by atoms with Crippen molar-refractivity contribution in [3.8, 4) is 0 Å². The smallest absolute Gasteiger partial charge is 0.0844 e. The number of hydrogen-bond donors (Lipinski definition) is 2.